The van der Waals surface area contributed by atoms with Gasteiger partial charge in [-0.3, -0.25) is 4.79 Å². The summed E-state index contributed by atoms with van der Waals surface area (Å²) in [4.78, 5) is 11.6. The predicted molar refractivity (Wildman–Crippen MR) is 53.1 cm³/mol. The Balaban J connectivity index is 4.16. The van der Waals surface area contributed by atoms with Gasteiger partial charge in [0.2, 0.25) is 0 Å². The van der Waals surface area contributed by atoms with Crippen molar-refractivity contribution in [2.75, 3.05) is 0 Å². The molecule has 0 aromatic heterocycles. The van der Waals surface area contributed by atoms with Crippen LogP contribution in [0.15, 0.2) is 12.2 Å². The van der Waals surface area contributed by atoms with Crippen LogP contribution >= 0.6 is 0 Å². The molecule has 70 valence electrons. The first kappa shape index (κ1) is 11.4. The zero-order valence-electron chi connectivity index (χ0n) is 8.74. The summed E-state index contributed by atoms with van der Waals surface area (Å²) in [6.45, 7) is 11.8. The van der Waals surface area contributed by atoms with Crippen LogP contribution in [0.4, 0.5) is 0 Å². The summed E-state index contributed by atoms with van der Waals surface area (Å²) in [5.41, 5.74) is 0.637. The lowest BCUT2D eigenvalue weighted by molar-refractivity contribution is -0.125. The van der Waals surface area contributed by atoms with Crippen molar-refractivity contribution in [3.8, 4) is 0 Å². The number of carbonyl (C=O) groups excluding carboxylic acids is 1. The Kier molecular flexibility index (Phi) is 4.22. The second-order valence-corrected chi connectivity index (χ2v) is 3.93. The monoisotopic (exact) mass is 168 g/mol. The lowest BCUT2D eigenvalue weighted by Gasteiger charge is -2.23. The molecule has 0 saturated carbocycles. The van der Waals surface area contributed by atoms with E-state index in [2.05, 4.69) is 13.5 Å². The lowest BCUT2D eigenvalue weighted by Crippen LogP contribution is -2.24. The topological polar surface area (TPSA) is 17.1 Å². The molecule has 1 nitrogen and oxygen atoms in total. The van der Waals surface area contributed by atoms with Gasteiger partial charge in [0.25, 0.3) is 0 Å². The van der Waals surface area contributed by atoms with E-state index in [9.17, 15) is 4.79 Å². The third kappa shape index (κ3) is 2.80. The van der Waals surface area contributed by atoms with E-state index in [-0.39, 0.29) is 5.41 Å². The molecule has 0 fully saturated rings. The molecular weight excluding hydrogens is 148 g/mol. The van der Waals surface area contributed by atoms with Gasteiger partial charge in [-0.25, -0.2) is 0 Å². The van der Waals surface area contributed by atoms with Gasteiger partial charge in [-0.1, -0.05) is 25.5 Å². The van der Waals surface area contributed by atoms with E-state index >= 15 is 0 Å². The van der Waals surface area contributed by atoms with E-state index in [1.54, 1.807) is 0 Å². The Hall–Kier alpha value is -0.590. The van der Waals surface area contributed by atoms with Crippen LogP contribution in [-0.2, 0) is 4.79 Å². The van der Waals surface area contributed by atoms with E-state index in [1.807, 2.05) is 20.8 Å². The van der Waals surface area contributed by atoms with Crippen molar-refractivity contribution >= 4 is 5.78 Å². The van der Waals surface area contributed by atoms with Crippen LogP contribution in [-0.4, -0.2) is 5.78 Å². The SMILES string of the molecule is C=C(C)C(C)(C)C(=O)CCCC. The van der Waals surface area contributed by atoms with Gasteiger partial charge in [0.15, 0.2) is 0 Å². The summed E-state index contributed by atoms with van der Waals surface area (Å²) in [5, 5.41) is 0. The molecule has 12 heavy (non-hydrogen) atoms. The van der Waals surface area contributed by atoms with Crippen LogP contribution < -0.4 is 0 Å². The molecular formula is C11H20O. The van der Waals surface area contributed by atoms with E-state index in [0.29, 0.717) is 12.2 Å². The van der Waals surface area contributed by atoms with Crippen LogP contribution in [0.1, 0.15) is 47.0 Å². The fourth-order valence-corrected chi connectivity index (χ4v) is 0.888. The third-order valence-electron chi connectivity index (χ3n) is 2.52. The number of hydrogen-bond acceptors (Lipinski definition) is 1. The van der Waals surface area contributed by atoms with Gasteiger partial charge in [-0.05, 0) is 27.2 Å². The minimum absolute atomic E-state index is 0.317. The smallest absolute Gasteiger partial charge is 0.142 e. The molecule has 0 amide bonds. The molecule has 0 N–H and O–H groups in total. The summed E-state index contributed by atoms with van der Waals surface area (Å²) in [5.74, 6) is 0.317. The molecule has 0 atom stereocenters. The van der Waals surface area contributed by atoms with Crippen LogP contribution in [0.25, 0.3) is 0 Å². The number of carbonyl (C=O) groups is 1. The van der Waals surface area contributed by atoms with E-state index in [4.69, 9.17) is 0 Å². The standard InChI is InChI=1S/C11H20O/c1-6-7-8-10(12)11(4,5)9(2)3/h2,6-8H2,1,3-5H3. The van der Waals surface area contributed by atoms with Crippen molar-refractivity contribution in [1.82, 2.24) is 0 Å². The first-order valence-corrected chi connectivity index (χ1v) is 4.62. The lowest BCUT2D eigenvalue weighted by atomic mass is 9.80. The minimum atomic E-state index is -0.324. The van der Waals surface area contributed by atoms with Crippen molar-refractivity contribution in [3.05, 3.63) is 12.2 Å². The molecule has 0 aromatic rings. The van der Waals surface area contributed by atoms with Crippen molar-refractivity contribution < 1.29 is 4.79 Å². The summed E-state index contributed by atoms with van der Waals surface area (Å²) in [6.07, 6.45) is 2.77. The predicted octanol–water partition coefficient (Wildman–Crippen LogP) is 3.35. The molecule has 0 aliphatic carbocycles. The zero-order valence-corrected chi connectivity index (χ0v) is 8.74. The average Bonchev–Trinajstić information content (AvgIpc) is 1.99. The van der Waals surface area contributed by atoms with Crippen molar-refractivity contribution in [2.24, 2.45) is 5.41 Å². The van der Waals surface area contributed by atoms with E-state index in [1.165, 1.54) is 0 Å². The second-order valence-electron chi connectivity index (χ2n) is 3.93. The Morgan fingerprint density at radius 3 is 2.25 bits per heavy atom. The highest BCUT2D eigenvalue weighted by molar-refractivity contribution is 5.86. The second kappa shape index (κ2) is 4.44. The Bertz CT molecular complexity index is 177. The number of allylic oxidation sites excluding steroid dienone is 1. The molecule has 1 heteroatoms. The van der Waals surface area contributed by atoms with Crippen molar-refractivity contribution in [1.29, 1.82) is 0 Å². The van der Waals surface area contributed by atoms with Crippen LogP contribution in [0, 0.1) is 5.41 Å². The van der Waals surface area contributed by atoms with E-state index in [0.717, 1.165) is 18.4 Å². The van der Waals surface area contributed by atoms with Gasteiger partial charge < -0.3 is 0 Å². The summed E-state index contributed by atoms with van der Waals surface area (Å²) < 4.78 is 0. The first-order valence-electron chi connectivity index (χ1n) is 4.62. The minimum Gasteiger partial charge on any atom is -0.299 e. The van der Waals surface area contributed by atoms with Crippen molar-refractivity contribution in [2.45, 2.75) is 47.0 Å². The number of hydrogen-bond donors (Lipinski definition) is 0. The van der Waals surface area contributed by atoms with E-state index < -0.39 is 0 Å². The summed E-state index contributed by atoms with van der Waals surface area (Å²) in [6, 6.07) is 0. The van der Waals surface area contributed by atoms with Gasteiger partial charge in [-0.2, -0.15) is 0 Å². The third-order valence-corrected chi connectivity index (χ3v) is 2.52. The highest BCUT2D eigenvalue weighted by atomic mass is 16.1. The van der Waals surface area contributed by atoms with Crippen LogP contribution in [0.3, 0.4) is 0 Å². The fourth-order valence-electron chi connectivity index (χ4n) is 0.888. The zero-order chi connectivity index (χ0) is 9.78. The molecule has 0 aliphatic rings. The van der Waals surface area contributed by atoms with Gasteiger partial charge in [0, 0.05) is 11.8 Å². The van der Waals surface area contributed by atoms with Crippen LogP contribution in [0.2, 0.25) is 0 Å². The quantitative estimate of drug-likeness (QED) is 0.575. The number of Topliss-reactive ketones (excluding diaryl/α,β-unsaturated/α-hetero) is 1. The normalized spacial score (nSPS) is 11.3. The maximum Gasteiger partial charge on any atom is 0.142 e. The molecule has 0 saturated heterocycles. The van der Waals surface area contributed by atoms with Crippen LogP contribution in [0.5, 0.6) is 0 Å². The molecule has 0 bridgehead atoms. The maximum atomic E-state index is 11.6. The summed E-state index contributed by atoms with van der Waals surface area (Å²) in [7, 11) is 0. The number of ketones is 1. The Morgan fingerprint density at radius 1 is 1.42 bits per heavy atom. The molecule has 0 rings (SSSR count). The average molecular weight is 168 g/mol. The highest BCUT2D eigenvalue weighted by Crippen LogP contribution is 2.27. The maximum absolute atomic E-state index is 11.6. The van der Waals surface area contributed by atoms with Gasteiger partial charge in [-0.15, -0.1) is 0 Å². The number of rotatable bonds is 5. The number of unbranched alkanes of at least 4 members (excludes halogenated alkanes) is 1. The van der Waals surface area contributed by atoms with Gasteiger partial charge in [0.05, 0.1) is 0 Å². The van der Waals surface area contributed by atoms with Gasteiger partial charge >= 0.3 is 0 Å². The molecule has 0 spiro atoms. The molecule has 0 unspecified atom stereocenters. The first-order chi connectivity index (χ1) is 5.42. The molecule has 0 heterocycles. The molecule has 0 aromatic carbocycles. The van der Waals surface area contributed by atoms with Crippen molar-refractivity contribution in [3.63, 3.8) is 0 Å². The molecule has 0 radical (unpaired) electrons. The largest absolute Gasteiger partial charge is 0.299 e. The summed E-state index contributed by atoms with van der Waals surface area (Å²) >= 11 is 0. The van der Waals surface area contributed by atoms with Gasteiger partial charge in [0.1, 0.15) is 5.78 Å². The highest BCUT2D eigenvalue weighted by Gasteiger charge is 2.26. The fraction of sp³-hybridized carbons (Fsp3) is 0.727. The molecule has 0 aliphatic heterocycles. The Morgan fingerprint density at radius 2 is 1.92 bits per heavy atom. The Labute approximate surface area is 75.9 Å².